The molecule has 6 heteroatoms. The highest BCUT2D eigenvalue weighted by Crippen LogP contribution is 2.40. The van der Waals surface area contributed by atoms with Gasteiger partial charge in [0.25, 0.3) is 0 Å². The highest BCUT2D eigenvalue weighted by Gasteiger charge is 2.19. The summed E-state index contributed by atoms with van der Waals surface area (Å²) in [5.74, 6) is 1.28. The molecule has 5 aromatic carbocycles. The summed E-state index contributed by atoms with van der Waals surface area (Å²) in [4.78, 5) is 20.4. The fourth-order valence-corrected chi connectivity index (χ4v) is 7.49. The standard InChI is InChI=1S/C44H28N4OS/c1-2-3-4-11-21-34-42-41(32-19-12-13-23-39(32)50-42)48-44(45-34)33-20-14-22-37-40(33)31-25-24-30(26-38(31)49-37)43-46-35(28-15-7-5-8-16-28)27-36(47-43)29-17-9-6-10-18-29/h2-27H,1H2/b4-3-,21-11+. The quantitative estimate of drug-likeness (QED) is 0.159. The number of rotatable bonds is 7. The van der Waals surface area contributed by atoms with E-state index in [1.165, 1.54) is 4.70 Å². The number of hydrogen-bond donors (Lipinski definition) is 0. The predicted octanol–water partition coefficient (Wildman–Crippen LogP) is 12.0. The van der Waals surface area contributed by atoms with E-state index in [9.17, 15) is 0 Å². The molecule has 236 valence electrons. The van der Waals surface area contributed by atoms with Crippen molar-refractivity contribution in [2.45, 2.75) is 0 Å². The second kappa shape index (κ2) is 12.5. The highest BCUT2D eigenvalue weighted by molar-refractivity contribution is 7.26. The van der Waals surface area contributed by atoms with Gasteiger partial charge in [0.15, 0.2) is 11.6 Å². The Morgan fingerprint density at radius 2 is 1.30 bits per heavy atom. The maximum absolute atomic E-state index is 6.53. The average Bonchev–Trinajstić information content (AvgIpc) is 3.75. The van der Waals surface area contributed by atoms with Crippen LogP contribution in [0.25, 0.3) is 93.6 Å². The smallest absolute Gasteiger partial charge is 0.161 e. The van der Waals surface area contributed by atoms with Crippen molar-refractivity contribution in [3.63, 3.8) is 0 Å². The average molecular weight is 661 g/mol. The fourth-order valence-electron chi connectivity index (χ4n) is 6.38. The van der Waals surface area contributed by atoms with Gasteiger partial charge in [-0.15, -0.1) is 11.3 Å². The Balaban J connectivity index is 1.21. The highest BCUT2D eigenvalue weighted by atomic mass is 32.1. The van der Waals surface area contributed by atoms with Crippen molar-refractivity contribution in [2.75, 3.05) is 0 Å². The number of allylic oxidation sites excluding steroid dienone is 4. The van der Waals surface area contributed by atoms with E-state index in [1.807, 2.05) is 85.0 Å². The van der Waals surface area contributed by atoms with Crippen LogP contribution in [0.3, 0.4) is 0 Å². The maximum Gasteiger partial charge on any atom is 0.161 e. The van der Waals surface area contributed by atoms with E-state index in [0.717, 1.165) is 76.9 Å². The van der Waals surface area contributed by atoms with Crippen LogP contribution in [-0.2, 0) is 0 Å². The summed E-state index contributed by atoms with van der Waals surface area (Å²) in [6.45, 7) is 3.78. The minimum absolute atomic E-state index is 0.632. The molecular formula is C44H28N4OS. The lowest BCUT2D eigenvalue weighted by Gasteiger charge is -2.09. The summed E-state index contributed by atoms with van der Waals surface area (Å²) in [5.41, 5.74) is 8.90. The van der Waals surface area contributed by atoms with Crippen LogP contribution in [0.4, 0.5) is 0 Å². The summed E-state index contributed by atoms with van der Waals surface area (Å²) >= 11 is 1.71. The van der Waals surface area contributed by atoms with Gasteiger partial charge in [0.05, 0.1) is 27.3 Å². The van der Waals surface area contributed by atoms with Crippen molar-refractivity contribution in [3.8, 4) is 45.3 Å². The number of hydrogen-bond acceptors (Lipinski definition) is 6. The summed E-state index contributed by atoms with van der Waals surface area (Å²) in [5, 5.41) is 3.07. The van der Waals surface area contributed by atoms with E-state index in [-0.39, 0.29) is 0 Å². The first-order valence-electron chi connectivity index (χ1n) is 16.3. The van der Waals surface area contributed by atoms with Crippen LogP contribution in [0.1, 0.15) is 5.69 Å². The van der Waals surface area contributed by atoms with Crippen molar-refractivity contribution >= 4 is 59.7 Å². The molecule has 0 atom stereocenters. The molecule has 50 heavy (non-hydrogen) atoms. The number of thiophene rings is 1. The second-order valence-corrected chi connectivity index (χ2v) is 12.9. The van der Waals surface area contributed by atoms with E-state index in [2.05, 4.69) is 73.3 Å². The van der Waals surface area contributed by atoms with Crippen LogP contribution in [0.2, 0.25) is 0 Å². The van der Waals surface area contributed by atoms with Crippen molar-refractivity contribution in [3.05, 3.63) is 164 Å². The van der Waals surface area contributed by atoms with Gasteiger partial charge in [-0.25, -0.2) is 19.9 Å². The van der Waals surface area contributed by atoms with Crippen LogP contribution in [0, 0.1) is 0 Å². The normalized spacial score (nSPS) is 11.9. The third-order valence-electron chi connectivity index (χ3n) is 8.72. The third kappa shape index (κ3) is 5.28. The summed E-state index contributed by atoms with van der Waals surface area (Å²) < 4.78 is 8.76. The molecule has 0 spiro atoms. The zero-order chi connectivity index (χ0) is 33.4. The Kier molecular flexibility index (Phi) is 7.41. The van der Waals surface area contributed by atoms with Gasteiger partial charge in [0.2, 0.25) is 0 Å². The number of benzene rings is 5. The van der Waals surface area contributed by atoms with Crippen LogP contribution in [-0.4, -0.2) is 19.9 Å². The van der Waals surface area contributed by atoms with E-state index in [0.29, 0.717) is 11.6 Å². The fraction of sp³-hybridized carbons (Fsp3) is 0. The Labute approximate surface area is 292 Å². The Bertz CT molecular complexity index is 2720. The van der Waals surface area contributed by atoms with Gasteiger partial charge in [-0.2, -0.15) is 0 Å². The zero-order valence-corrected chi connectivity index (χ0v) is 27.6. The summed E-state index contributed by atoms with van der Waals surface area (Å²) in [6.07, 6.45) is 9.65. The Hall–Kier alpha value is -6.50. The van der Waals surface area contributed by atoms with Crippen LogP contribution < -0.4 is 0 Å². The monoisotopic (exact) mass is 660 g/mol. The molecule has 0 unspecified atom stereocenters. The van der Waals surface area contributed by atoms with E-state index >= 15 is 0 Å². The number of aromatic nitrogens is 4. The molecule has 0 N–H and O–H groups in total. The van der Waals surface area contributed by atoms with Crippen molar-refractivity contribution in [1.29, 1.82) is 0 Å². The van der Waals surface area contributed by atoms with Crippen LogP contribution in [0.5, 0.6) is 0 Å². The number of furan rings is 1. The molecule has 9 aromatic rings. The van der Waals surface area contributed by atoms with Gasteiger partial charge in [-0.3, -0.25) is 0 Å². The van der Waals surface area contributed by atoms with Crippen molar-refractivity contribution in [1.82, 2.24) is 19.9 Å². The van der Waals surface area contributed by atoms with Gasteiger partial charge in [-0.1, -0.05) is 128 Å². The van der Waals surface area contributed by atoms with E-state index in [1.54, 1.807) is 17.4 Å². The molecule has 0 saturated carbocycles. The first kappa shape index (κ1) is 29.6. The largest absolute Gasteiger partial charge is 0.456 e. The SMILES string of the molecule is C=C/C=C\C=C\c1nc(-c2cccc3oc4cc(-c5nc(-c6ccccc6)cc(-c6ccccc6)n5)ccc4c23)nc2c1sc1ccccc12. The second-order valence-electron chi connectivity index (χ2n) is 11.9. The van der Waals surface area contributed by atoms with Gasteiger partial charge in [-0.05, 0) is 36.4 Å². The molecule has 4 heterocycles. The Morgan fingerprint density at radius 1 is 0.560 bits per heavy atom. The van der Waals surface area contributed by atoms with E-state index in [4.69, 9.17) is 24.4 Å². The van der Waals surface area contributed by atoms with Crippen LogP contribution >= 0.6 is 11.3 Å². The molecule has 0 amide bonds. The molecule has 0 aliphatic heterocycles. The topological polar surface area (TPSA) is 64.7 Å². The number of fused-ring (bicyclic) bond motifs is 6. The zero-order valence-electron chi connectivity index (χ0n) is 26.8. The van der Waals surface area contributed by atoms with Gasteiger partial charge in [0.1, 0.15) is 11.2 Å². The summed E-state index contributed by atoms with van der Waals surface area (Å²) in [7, 11) is 0. The van der Waals surface area contributed by atoms with E-state index < -0.39 is 0 Å². The molecule has 9 rings (SSSR count). The molecule has 5 nitrogen and oxygen atoms in total. The molecule has 0 aliphatic carbocycles. The molecule has 0 aliphatic rings. The lowest BCUT2D eigenvalue weighted by Crippen LogP contribution is -1.95. The van der Waals surface area contributed by atoms with Crippen molar-refractivity contribution < 1.29 is 4.42 Å². The third-order valence-corrected chi connectivity index (χ3v) is 9.90. The lowest BCUT2D eigenvalue weighted by atomic mass is 10.0. The van der Waals surface area contributed by atoms with Crippen LogP contribution in [0.15, 0.2) is 163 Å². The molecule has 4 aromatic heterocycles. The molecule has 0 radical (unpaired) electrons. The maximum atomic E-state index is 6.53. The first-order chi connectivity index (χ1) is 24.7. The van der Waals surface area contributed by atoms with Gasteiger partial charge in [0, 0.05) is 43.1 Å². The predicted molar refractivity (Wildman–Crippen MR) is 208 cm³/mol. The lowest BCUT2D eigenvalue weighted by molar-refractivity contribution is 0.669. The minimum Gasteiger partial charge on any atom is -0.456 e. The first-order valence-corrected chi connectivity index (χ1v) is 17.2. The van der Waals surface area contributed by atoms with Crippen molar-refractivity contribution in [2.24, 2.45) is 0 Å². The Morgan fingerprint density at radius 3 is 2.06 bits per heavy atom. The molecular weight excluding hydrogens is 633 g/mol. The summed E-state index contributed by atoms with van der Waals surface area (Å²) in [6, 6.07) is 43.1. The minimum atomic E-state index is 0.632. The number of nitrogens with zero attached hydrogens (tertiary/aromatic N) is 4. The van der Waals surface area contributed by atoms with Gasteiger partial charge >= 0.3 is 0 Å². The van der Waals surface area contributed by atoms with Gasteiger partial charge < -0.3 is 4.42 Å². The molecule has 0 bridgehead atoms. The molecule has 0 fully saturated rings. The molecule has 0 saturated heterocycles.